The van der Waals surface area contributed by atoms with E-state index in [1.165, 1.54) is 11.0 Å². The van der Waals surface area contributed by atoms with Gasteiger partial charge in [0.25, 0.3) is 0 Å². The van der Waals surface area contributed by atoms with Crippen LogP contribution in [0, 0.1) is 5.82 Å². The summed E-state index contributed by atoms with van der Waals surface area (Å²) in [6, 6.07) is 5.72. The van der Waals surface area contributed by atoms with Crippen LogP contribution < -0.4 is 10.5 Å². The van der Waals surface area contributed by atoms with Gasteiger partial charge in [-0.05, 0) is 18.6 Å². The number of halogens is 1. The molecule has 0 aliphatic heterocycles. The summed E-state index contributed by atoms with van der Waals surface area (Å²) in [5, 5.41) is 0. The summed E-state index contributed by atoms with van der Waals surface area (Å²) in [7, 11) is 1.67. The van der Waals surface area contributed by atoms with Gasteiger partial charge in [-0.2, -0.15) is 0 Å². The molecular formula is C14H21FN2O2. The molecule has 0 saturated carbocycles. The number of likely N-dealkylation sites (N-methyl/N-ethyl adjacent to an activating group) is 1. The lowest BCUT2D eigenvalue weighted by Crippen LogP contribution is -2.43. The highest BCUT2D eigenvalue weighted by atomic mass is 19.1. The minimum atomic E-state index is -0.469. The highest BCUT2D eigenvalue weighted by Gasteiger charge is 2.16. The van der Waals surface area contributed by atoms with E-state index in [2.05, 4.69) is 0 Å². The topological polar surface area (TPSA) is 55.6 Å². The van der Waals surface area contributed by atoms with Gasteiger partial charge in [-0.15, -0.1) is 0 Å². The number of ether oxygens (including phenoxy) is 1. The number of hydrogen-bond acceptors (Lipinski definition) is 3. The summed E-state index contributed by atoms with van der Waals surface area (Å²) in [5.41, 5.74) is 5.74. The Balaban J connectivity index is 2.37. The fraction of sp³-hybridized carbons (Fsp3) is 0.500. The van der Waals surface area contributed by atoms with Crippen molar-refractivity contribution in [2.24, 2.45) is 5.73 Å². The van der Waals surface area contributed by atoms with Crippen molar-refractivity contribution >= 4 is 5.91 Å². The maximum Gasteiger partial charge on any atom is 0.239 e. The van der Waals surface area contributed by atoms with Gasteiger partial charge in [-0.3, -0.25) is 4.79 Å². The molecular weight excluding hydrogens is 247 g/mol. The molecule has 0 heterocycles. The molecule has 2 N–H and O–H groups in total. The van der Waals surface area contributed by atoms with Crippen molar-refractivity contribution in [3.63, 3.8) is 0 Å². The Kier molecular flexibility index (Phi) is 6.29. The number of benzene rings is 1. The van der Waals surface area contributed by atoms with E-state index in [4.69, 9.17) is 10.5 Å². The van der Waals surface area contributed by atoms with E-state index >= 15 is 0 Å². The number of rotatable bonds is 7. The fourth-order valence-corrected chi connectivity index (χ4v) is 1.68. The molecule has 0 spiro atoms. The van der Waals surface area contributed by atoms with E-state index in [-0.39, 0.29) is 18.3 Å². The van der Waals surface area contributed by atoms with Gasteiger partial charge in [0, 0.05) is 7.05 Å². The van der Waals surface area contributed by atoms with Gasteiger partial charge in [-0.25, -0.2) is 4.39 Å². The van der Waals surface area contributed by atoms with E-state index < -0.39 is 11.9 Å². The lowest BCUT2D eigenvalue weighted by Gasteiger charge is -2.21. The molecule has 1 rings (SSSR count). The SMILES string of the molecule is CCC[C@H](N)C(=O)N(C)CCOc1ccccc1F. The predicted molar refractivity (Wildman–Crippen MR) is 72.4 cm³/mol. The maximum absolute atomic E-state index is 13.3. The van der Waals surface area contributed by atoms with Gasteiger partial charge in [0.05, 0.1) is 12.6 Å². The third-order valence-corrected chi connectivity index (χ3v) is 2.81. The van der Waals surface area contributed by atoms with Gasteiger partial charge < -0.3 is 15.4 Å². The summed E-state index contributed by atoms with van der Waals surface area (Å²) in [5.74, 6) is -0.320. The first-order chi connectivity index (χ1) is 9.06. The first-order valence-corrected chi connectivity index (χ1v) is 6.44. The van der Waals surface area contributed by atoms with Crippen molar-refractivity contribution in [3.05, 3.63) is 30.1 Å². The minimum Gasteiger partial charge on any atom is -0.489 e. The zero-order valence-corrected chi connectivity index (χ0v) is 11.4. The van der Waals surface area contributed by atoms with Gasteiger partial charge in [0.1, 0.15) is 6.61 Å². The first-order valence-electron chi connectivity index (χ1n) is 6.44. The van der Waals surface area contributed by atoms with Gasteiger partial charge in [0.2, 0.25) is 5.91 Å². The monoisotopic (exact) mass is 268 g/mol. The Morgan fingerprint density at radius 2 is 2.16 bits per heavy atom. The van der Waals surface area contributed by atoms with Crippen molar-refractivity contribution in [3.8, 4) is 5.75 Å². The van der Waals surface area contributed by atoms with Gasteiger partial charge in [0.15, 0.2) is 11.6 Å². The van der Waals surface area contributed by atoms with Crippen LogP contribution in [0.15, 0.2) is 24.3 Å². The fourth-order valence-electron chi connectivity index (χ4n) is 1.68. The number of nitrogens with two attached hydrogens (primary N) is 1. The molecule has 5 heteroatoms. The Bertz CT molecular complexity index is 412. The van der Waals surface area contributed by atoms with Crippen LogP contribution in [0.4, 0.5) is 4.39 Å². The van der Waals surface area contributed by atoms with Gasteiger partial charge >= 0.3 is 0 Å². The highest BCUT2D eigenvalue weighted by Crippen LogP contribution is 2.15. The van der Waals surface area contributed by atoms with Crippen LogP contribution in [0.1, 0.15) is 19.8 Å². The second-order valence-corrected chi connectivity index (χ2v) is 4.43. The zero-order chi connectivity index (χ0) is 14.3. The summed E-state index contributed by atoms with van der Waals surface area (Å²) >= 11 is 0. The highest BCUT2D eigenvalue weighted by molar-refractivity contribution is 5.81. The maximum atomic E-state index is 13.3. The van der Waals surface area contributed by atoms with Crippen molar-refractivity contribution in [2.45, 2.75) is 25.8 Å². The van der Waals surface area contributed by atoms with E-state index in [1.807, 2.05) is 6.92 Å². The summed E-state index contributed by atoms with van der Waals surface area (Å²) in [6.45, 7) is 2.60. The molecule has 19 heavy (non-hydrogen) atoms. The second-order valence-electron chi connectivity index (χ2n) is 4.43. The van der Waals surface area contributed by atoms with Crippen molar-refractivity contribution in [1.29, 1.82) is 0 Å². The minimum absolute atomic E-state index is 0.112. The Morgan fingerprint density at radius 1 is 1.47 bits per heavy atom. The van der Waals surface area contributed by atoms with E-state index in [9.17, 15) is 9.18 Å². The summed E-state index contributed by atoms with van der Waals surface area (Å²) in [4.78, 5) is 13.3. The average Bonchev–Trinajstić information content (AvgIpc) is 2.40. The van der Waals surface area contributed by atoms with Crippen LogP contribution in [0.25, 0.3) is 0 Å². The normalized spacial score (nSPS) is 12.0. The molecule has 0 radical (unpaired) electrons. The van der Waals surface area contributed by atoms with Crippen LogP contribution in [0.3, 0.4) is 0 Å². The van der Waals surface area contributed by atoms with E-state index in [0.29, 0.717) is 13.0 Å². The molecule has 106 valence electrons. The number of carbonyl (C=O) groups is 1. The van der Waals surface area contributed by atoms with Gasteiger partial charge in [-0.1, -0.05) is 25.5 Å². The molecule has 1 aromatic rings. The number of nitrogens with zero attached hydrogens (tertiary/aromatic N) is 1. The summed E-state index contributed by atoms with van der Waals surface area (Å²) < 4.78 is 18.6. The molecule has 0 saturated heterocycles. The average molecular weight is 268 g/mol. The smallest absolute Gasteiger partial charge is 0.239 e. The molecule has 0 aromatic heterocycles. The second kappa shape index (κ2) is 7.74. The van der Waals surface area contributed by atoms with Crippen LogP contribution in [0.2, 0.25) is 0 Å². The van der Waals surface area contributed by atoms with Crippen molar-refractivity contribution in [2.75, 3.05) is 20.2 Å². The largest absolute Gasteiger partial charge is 0.489 e. The Labute approximate surface area is 113 Å². The lowest BCUT2D eigenvalue weighted by atomic mass is 10.1. The molecule has 1 atom stereocenters. The number of hydrogen-bond donors (Lipinski definition) is 1. The Hall–Kier alpha value is -1.62. The Morgan fingerprint density at radius 3 is 2.79 bits per heavy atom. The molecule has 0 unspecified atom stereocenters. The molecule has 1 amide bonds. The van der Waals surface area contributed by atoms with Crippen LogP contribution >= 0.6 is 0 Å². The first kappa shape index (κ1) is 15.4. The van der Waals surface area contributed by atoms with E-state index in [0.717, 1.165) is 6.42 Å². The standard InChI is InChI=1S/C14H21FN2O2/c1-3-6-12(16)14(18)17(2)9-10-19-13-8-5-4-7-11(13)15/h4-5,7-8,12H,3,6,9-10,16H2,1-2H3/t12-/m0/s1. The predicted octanol–water partition coefficient (Wildman–Crippen LogP) is 1.79. The van der Waals surface area contributed by atoms with Crippen molar-refractivity contribution < 1.29 is 13.9 Å². The molecule has 1 aromatic carbocycles. The molecule has 0 aliphatic carbocycles. The molecule has 4 nitrogen and oxygen atoms in total. The zero-order valence-electron chi connectivity index (χ0n) is 11.4. The quantitative estimate of drug-likeness (QED) is 0.820. The number of para-hydroxylation sites is 1. The van der Waals surface area contributed by atoms with Crippen LogP contribution in [-0.2, 0) is 4.79 Å². The number of amides is 1. The lowest BCUT2D eigenvalue weighted by molar-refractivity contribution is -0.131. The third-order valence-electron chi connectivity index (χ3n) is 2.81. The van der Waals surface area contributed by atoms with Crippen LogP contribution in [0.5, 0.6) is 5.75 Å². The molecule has 0 bridgehead atoms. The third kappa shape index (κ3) is 4.87. The van der Waals surface area contributed by atoms with Crippen LogP contribution in [-0.4, -0.2) is 37.0 Å². The van der Waals surface area contributed by atoms with E-state index in [1.54, 1.807) is 25.2 Å². The number of carbonyl (C=O) groups excluding carboxylic acids is 1. The molecule has 0 fully saturated rings. The van der Waals surface area contributed by atoms with Crippen molar-refractivity contribution in [1.82, 2.24) is 4.90 Å². The molecule has 0 aliphatic rings. The summed E-state index contributed by atoms with van der Waals surface area (Å²) in [6.07, 6.45) is 1.53.